The Kier molecular flexibility index (Phi) is 4.93. The first-order valence-electron chi connectivity index (χ1n) is 6.03. The van der Waals surface area contributed by atoms with E-state index in [4.69, 9.17) is 17.3 Å². The van der Waals surface area contributed by atoms with Gasteiger partial charge < -0.3 is 5.73 Å². The van der Waals surface area contributed by atoms with Crippen molar-refractivity contribution in [2.75, 3.05) is 5.75 Å². The molecule has 0 aliphatic carbocycles. The van der Waals surface area contributed by atoms with E-state index in [0.717, 1.165) is 16.7 Å². The summed E-state index contributed by atoms with van der Waals surface area (Å²) in [7, 11) is -1.30. The van der Waals surface area contributed by atoms with Crippen LogP contribution >= 0.6 is 11.6 Å². The van der Waals surface area contributed by atoms with Crippen LogP contribution in [0.25, 0.3) is 11.1 Å². The fourth-order valence-corrected chi connectivity index (χ4v) is 3.18. The molecule has 104 valence electrons. The van der Waals surface area contributed by atoms with Crippen LogP contribution in [0.4, 0.5) is 0 Å². The third-order valence-corrected chi connectivity index (χ3v) is 4.25. The van der Waals surface area contributed by atoms with Crippen molar-refractivity contribution in [2.45, 2.75) is 5.75 Å². The number of nitrogens with two attached hydrogens (primary N) is 1. The summed E-state index contributed by atoms with van der Waals surface area (Å²) < 4.78 is 11.9. The van der Waals surface area contributed by atoms with Crippen molar-refractivity contribution >= 4 is 28.3 Å². The number of primary amides is 1. The van der Waals surface area contributed by atoms with Crippen molar-refractivity contribution < 1.29 is 9.00 Å². The molecule has 2 aromatic carbocycles. The molecule has 2 rings (SSSR count). The van der Waals surface area contributed by atoms with Gasteiger partial charge in [0, 0.05) is 21.6 Å². The van der Waals surface area contributed by atoms with Crippen LogP contribution in [-0.4, -0.2) is 15.9 Å². The quantitative estimate of drug-likeness (QED) is 0.923. The molecule has 3 nitrogen and oxygen atoms in total. The van der Waals surface area contributed by atoms with Gasteiger partial charge in [-0.25, -0.2) is 0 Å². The van der Waals surface area contributed by atoms with Gasteiger partial charge in [0.05, 0.1) is 0 Å². The first-order valence-corrected chi connectivity index (χ1v) is 7.90. The summed E-state index contributed by atoms with van der Waals surface area (Å²) in [5.74, 6) is -0.376. The molecular weight excluding hydrogens is 294 g/mol. The Bertz CT molecular complexity index is 658. The van der Waals surface area contributed by atoms with Gasteiger partial charge in [-0.2, -0.15) is 0 Å². The molecule has 2 N–H and O–H groups in total. The molecule has 0 saturated heterocycles. The van der Waals surface area contributed by atoms with E-state index in [1.54, 1.807) is 6.07 Å². The number of carbonyl (C=O) groups excluding carboxylic acids is 1. The zero-order valence-electron chi connectivity index (χ0n) is 10.7. The lowest BCUT2D eigenvalue weighted by Gasteiger charge is -2.09. The zero-order valence-corrected chi connectivity index (χ0v) is 12.3. The third kappa shape index (κ3) is 3.92. The van der Waals surface area contributed by atoms with Gasteiger partial charge in [-0.05, 0) is 28.8 Å². The molecule has 0 aliphatic rings. The van der Waals surface area contributed by atoms with Gasteiger partial charge in [-0.3, -0.25) is 9.00 Å². The van der Waals surface area contributed by atoms with Crippen LogP contribution in [0.2, 0.25) is 5.02 Å². The van der Waals surface area contributed by atoms with Gasteiger partial charge in [0.1, 0.15) is 5.75 Å². The Morgan fingerprint density at radius 2 is 1.90 bits per heavy atom. The van der Waals surface area contributed by atoms with E-state index in [-0.39, 0.29) is 5.75 Å². The van der Waals surface area contributed by atoms with E-state index >= 15 is 0 Å². The van der Waals surface area contributed by atoms with E-state index in [0.29, 0.717) is 10.8 Å². The third-order valence-electron chi connectivity index (χ3n) is 2.77. The highest BCUT2D eigenvalue weighted by Crippen LogP contribution is 2.26. The minimum absolute atomic E-state index is 0.121. The topological polar surface area (TPSA) is 60.2 Å². The number of halogens is 1. The second-order valence-electron chi connectivity index (χ2n) is 4.36. The standard InChI is InChI=1S/C15H14ClNO2S/c16-13-6-3-5-11(8-13)14-7-2-1-4-12(14)9-20(19)10-15(17)18/h1-8H,9-10H2,(H2,17,18)/t20-/m1/s1. The predicted molar refractivity (Wildman–Crippen MR) is 82.8 cm³/mol. The van der Waals surface area contributed by atoms with Crippen LogP contribution in [0.15, 0.2) is 48.5 Å². The molecule has 0 bridgehead atoms. The highest BCUT2D eigenvalue weighted by molar-refractivity contribution is 7.84. The van der Waals surface area contributed by atoms with Crippen molar-refractivity contribution in [3.8, 4) is 11.1 Å². The lowest BCUT2D eigenvalue weighted by Crippen LogP contribution is -2.20. The van der Waals surface area contributed by atoms with Crippen molar-refractivity contribution in [1.82, 2.24) is 0 Å². The lowest BCUT2D eigenvalue weighted by atomic mass is 10.0. The molecule has 1 atom stereocenters. The van der Waals surface area contributed by atoms with Crippen LogP contribution < -0.4 is 5.73 Å². The van der Waals surface area contributed by atoms with Gasteiger partial charge in [0.2, 0.25) is 5.91 Å². The summed E-state index contributed by atoms with van der Waals surface area (Å²) in [5.41, 5.74) is 7.91. The number of hydrogen-bond acceptors (Lipinski definition) is 2. The molecule has 1 amide bonds. The Morgan fingerprint density at radius 1 is 1.15 bits per heavy atom. The molecule has 0 spiro atoms. The molecule has 0 aliphatic heterocycles. The zero-order chi connectivity index (χ0) is 14.5. The maximum absolute atomic E-state index is 11.9. The highest BCUT2D eigenvalue weighted by atomic mass is 35.5. The molecule has 0 radical (unpaired) electrons. The Hall–Kier alpha value is -1.65. The van der Waals surface area contributed by atoms with Crippen molar-refractivity contribution in [3.63, 3.8) is 0 Å². The maximum atomic E-state index is 11.9. The minimum Gasteiger partial charge on any atom is -0.369 e. The fraction of sp³-hybridized carbons (Fsp3) is 0.133. The van der Waals surface area contributed by atoms with Crippen LogP contribution in [0.1, 0.15) is 5.56 Å². The minimum atomic E-state index is -1.30. The monoisotopic (exact) mass is 307 g/mol. The van der Waals surface area contributed by atoms with Gasteiger partial charge >= 0.3 is 0 Å². The summed E-state index contributed by atoms with van der Waals surface area (Å²) in [6, 6.07) is 15.1. The SMILES string of the molecule is NC(=O)C[S@](=O)Cc1ccccc1-c1cccc(Cl)c1. The molecular formula is C15H14ClNO2S. The van der Waals surface area contributed by atoms with Crippen LogP contribution in [-0.2, 0) is 21.3 Å². The fourth-order valence-electron chi connectivity index (χ4n) is 1.97. The summed E-state index contributed by atoms with van der Waals surface area (Å²) in [4.78, 5) is 10.8. The number of hydrogen-bond donors (Lipinski definition) is 1. The molecule has 5 heteroatoms. The van der Waals surface area contributed by atoms with Crippen LogP contribution in [0, 0.1) is 0 Å². The molecule has 0 heterocycles. The van der Waals surface area contributed by atoms with Crippen LogP contribution in [0.5, 0.6) is 0 Å². The van der Waals surface area contributed by atoms with Gasteiger partial charge in [-0.15, -0.1) is 0 Å². The van der Waals surface area contributed by atoms with Crippen molar-refractivity contribution in [2.24, 2.45) is 5.73 Å². The Labute approximate surface area is 125 Å². The maximum Gasteiger partial charge on any atom is 0.230 e. The van der Waals surface area contributed by atoms with Crippen LogP contribution in [0.3, 0.4) is 0 Å². The average Bonchev–Trinajstić information content (AvgIpc) is 2.38. The average molecular weight is 308 g/mol. The number of rotatable bonds is 5. The van der Waals surface area contributed by atoms with E-state index in [2.05, 4.69) is 0 Å². The smallest absolute Gasteiger partial charge is 0.230 e. The number of amides is 1. The van der Waals surface area contributed by atoms with Crippen molar-refractivity contribution in [1.29, 1.82) is 0 Å². The Balaban J connectivity index is 2.31. The lowest BCUT2D eigenvalue weighted by molar-refractivity contribution is -0.115. The second kappa shape index (κ2) is 6.68. The van der Waals surface area contributed by atoms with Gasteiger partial charge in [0.15, 0.2) is 0 Å². The molecule has 0 fully saturated rings. The first kappa shape index (κ1) is 14.8. The number of benzene rings is 2. The Morgan fingerprint density at radius 3 is 2.60 bits per heavy atom. The highest BCUT2D eigenvalue weighted by Gasteiger charge is 2.10. The predicted octanol–water partition coefficient (Wildman–Crippen LogP) is 2.74. The van der Waals surface area contributed by atoms with E-state index in [1.165, 1.54) is 0 Å². The molecule has 0 unspecified atom stereocenters. The molecule has 2 aromatic rings. The summed E-state index contributed by atoms with van der Waals surface area (Å²) in [5, 5.41) is 0.649. The second-order valence-corrected chi connectivity index (χ2v) is 6.26. The van der Waals surface area contributed by atoms with Gasteiger partial charge in [0.25, 0.3) is 0 Å². The summed E-state index contributed by atoms with van der Waals surface area (Å²) >= 11 is 6.00. The number of carbonyl (C=O) groups is 1. The summed E-state index contributed by atoms with van der Waals surface area (Å²) in [6.07, 6.45) is 0. The first-order chi connectivity index (χ1) is 9.56. The summed E-state index contributed by atoms with van der Waals surface area (Å²) in [6.45, 7) is 0. The molecule has 0 saturated carbocycles. The van der Waals surface area contributed by atoms with E-state index in [9.17, 15) is 9.00 Å². The molecule has 20 heavy (non-hydrogen) atoms. The van der Waals surface area contributed by atoms with E-state index in [1.807, 2.05) is 42.5 Å². The normalized spacial score (nSPS) is 12.1. The van der Waals surface area contributed by atoms with E-state index < -0.39 is 16.7 Å². The van der Waals surface area contributed by atoms with Gasteiger partial charge in [-0.1, -0.05) is 48.0 Å². The molecule has 0 aromatic heterocycles. The van der Waals surface area contributed by atoms with Crippen molar-refractivity contribution in [3.05, 3.63) is 59.1 Å². The largest absolute Gasteiger partial charge is 0.369 e.